The fourth-order valence-corrected chi connectivity index (χ4v) is 2.91. The van der Waals surface area contributed by atoms with Gasteiger partial charge in [-0.1, -0.05) is 6.92 Å². The molecule has 126 valence electrons. The number of piperidine rings is 1. The van der Waals surface area contributed by atoms with Crippen LogP contribution in [0.4, 0.5) is 0 Å². The monoisotopic (exact) mass is 310 g/mol. The molecule has 0 saturated carbocycles. The fourth-order valence-electron chi connectivity index (χ4n) is 2.91. The second-order valence-electron chi connectivity index (χ2n) is 6.73. The van der Waals surface area contributed by atoms with Crippen molar-refractivity contribution < 1.29 is 9.53 Å². The van der Waals surface area contributed by atoms with Gasteiger partial charge < -0.3 is 19.9 Å². The molecule has 0 aliphatic carbocycles. The molecule has 6 heteroatoms. The van der Waals surface area contributed by atoms with E-state index in [1.807, 2.05) is 0 Å². The number of likely N-dealkylation sites (N-methyl/N-ethyl adjacent to an activating group) is 1. The Morgan fingerprint density at radius 3 is 2.86 bits per heavy atom. The number of amides is 1. The molecule has 0 aromatic heterocycles. The van der Waals surface area contributed by atoms with Gasteiger partial charge >= 0.3 is 0 Å². The number of ether oxygens (including phenoxy) is 1. The molecule has 2 unspecified atom stereocenters. The van der Waals surface area contributed by atoms with Crippen LogP contribution in [-0.4, -0.2) is 75.2 Å². The van der Waals surface area contributed by atoms with Gasteiger partial charge in [-0.15, -0.1) is 0 Å². The van der Waals surface area contributed by atoms with Gasteiger partial charge in [-0.3, -0.25) is 4.79 Å². The van der Waals surface area contributed by atoms with Crippen LogP contribution in [0.25, 0.3) is 0 Å². The number of guanidine groups is 1. The number of aliphatic imine (C=N–C) groups is 1. The fraction of sp³-hybridized carbons (Fsp3) is 0.875. The molecule has 1 amide bonds. The van der Waals surface area contributed by atoms with Crippen molar-refractivity contribution in [2.24, 2.45) is 16.8 Å². The van der Waals surface area contributed by atoms with Crippen molar-refractivity contribution in [2.45, 2.75) is 26.2 Å². The molecular formula is C16H30N4O2. The van der Waals surface area contributed by atoms with Gasteiger partial charge in [0.1, 0.15) is 6.54 Å². The zero-order valence-electron chi connectivity index (χ0n) is 14.2. The lowest BCUT2D eigenvalue weighted by atomic mass is 10.0. The molecule has 6 nitrogen and oxygen atoms in total. The smallest absolute Gasteiger partial charge is 0.243 e. The maximum atomic E-state index is 11.8. The second-order valence-corrected chi connectivity index (χ2v) is 6.73. The first-order valence-corrected chi connectivity index (χ1v) is 8.37. The second kappa shape index (κ2) is 8.36. The zero-order chi connectivity index (χ0) is 15.9. The molecule has 0 spiro atoms. The van der Waals surface area contributed by atoms with Gasteiger partial charge in [-0.25, -0.2) is 4.99 Å². The summed E-state index contributed by atoms with van der Waals surface area (Å²) in [4.78, 5) is 20.3. The lowest BCUT2D eigenvalue weighted by Gasteiger charge is -2.34. The Kier molecular flexibility index (Phi) is 6.49. The van der Waals surface area contributed by atoms with Gasteiger partial charge in [-0.05, 0) is 25.2 Å². The molecule has 2 heterocycles. The third-order valence-electron chi connectivity index (χ3n) is 4.39. The Balaban J connectivity index is 1.95. The van der Waals surface area contributed by atoms with Crippen molar-refractivity contribution in [1.29, 1.82) is 0 Å². The molecule has 1 N–H and O–H groups in total. The number of carbonyl (C=O) groups excluding carboxylic acids is 1. The number of likely N-dealkylation sites (tertiary alicyclic amines) is 1. The highest BCUT2D eigenvalue weighted by Gasteiger charge is 2.22. The highest BCUT2D eigenvalue weighted by atomic mass is 16.5. The van der Waals surface area contributed by atoms with Crippen LogP contribution in [0.15, 0.2) is 4.99 Å². The lowest BCUT2D eigenvalue weighted by Crippen LogP contribution is -2.47. The summed E-state index contributed by atoms with van der Waals surface area (Å²) in [7, 11) is 3.54. The molecule has 0 aromatic carbocycles. The van der Waals surface area contributed by atoms with Crippen molar-refractivity contribution in [1.82, 2.24) is 15.1 Å². The van der Waals surface area contributed by atoms with Crippen LogP contribution >= 0.6 is 0 Å². The van der Waals surface area contributed by atoms with Crippen LogP contribution in [0.5, 0.6) is 0 Å². The third kappa shape index (κ3) is 5.16. The van der Waals surface area contributed by atoms with Gasteiger partial charge in [0, 0.05) is 46.3 Å². The summed E-state index contributed by atoms with van der Waals surface area (Å²) in [6.07, 6.45) is 3.57. The first-order chi connectivity index (χ1) is 10.6. The average Bonchev–Trinajstić information content (AvgIpc) is 3.00. The van der Waals surface area contributed by atoms with E-state index in [9.17, 15) is 4.79 Å². The minimum absolute atomic E-state index is 0.0357. The summed E-state index contributed by atoms with van der Waals surface area (Å²) in [5, 5.41) is 3.47. The average molecular weight is 310 g/mol. The summed E-state index contributed by atoms with van der Waals surface area (Å²) in [6, 6.07) is 0. The summed E-state index contributed by atoms with van der Waals surface area (Å²) >= 11 is 0. The third-order valence-corrected chi connectivity index (χ3v) is 4.39. The first-order valence-electron chi connectivity index (χ1n) is 8.37. The zero-order valence-corrected chi connectivity index (χ0v) is 14.2. The molecule has 2 atom stereocenters. The summed E-state index contributed by atoms with van der Waals surface area (Å²) < 4.78 is 5.43. The standard InChI is InChI=1S/C16H30N4O2/c1-13-5-4-7-20(11-13)16(18-10-15(21)19(2)3)17-9-14-6-8-22-12-14/h13-14H,4-12H2,1-3H3,(H,17,18). The summed E-state index contributed by atoms with van der Waals surface area (Å²) in [6.45, 7) is 7.09. The van der Waals surface area contributed by atoms with Gasteiger partial charge in [0.15, 0.2) is 5.96 Å². The predicted molar refractivity (Wildman–Crippen MR) is 87.9 cm³/mol. The molecular weight excluding hydrogens is 280 g/mol. The van der Waals surface area contributed by atoms with Gasteiger partial charge in [0.25, 0.3) is 0 Å². The largest absolute Gasteiger partial charge is 0.381 e. The van der Waals surface area contributed by atoms with Crippen molar-refractivity contribution >= 4 is 11.9 Å². The topological polar surface area (TPSA) is 57.2 Å². The van der Waals surface area contributed by atoms with Crippen molar-refractivity contribution in [3.05, 3.63) is 0 Å². The quantitative estimate of drug-likeness (QED) is 0.616. The van der Waals surface area contributed by atoms with Crippen LogP contribution in [0.1, 0.15) is 26.2 Å². The molecule has 0 bridgehead atoms. The van der Waals surface area contributed by atoms with Crippen molar-refractivity contribution in [2.75, 3.05) is 53.5 Å². The summed E-state index contributed by atoms with van der Waals surface area (Å²) in [5.41, 5.74) is 0. The minimum atomic E-state index is 0.0357. The van der Waals surface area contributed by atoms with E-state index in [1.54, 1.807) is 19.0 Å². The molecule has 2 aliphatic heterocycles. The number of hydrogen-bond acceptors (Lipinski definition) is 3. The Morgan fingerprint density at radius 1 is 1.41 bits per heavy atom. The SMILES string of the molecule is CC1CCCN(C(=NCC(=O)N(C)C)NCC2CCOC2)C1. The van der Waals surface area contributed by atoms with Crippen LogP contribution in [-0.2, 0) is 9.53 Å². The molecule has 2 rings (SSSR count). The predicted octanol–water partition coefficient (Wildman–Crippen LogP) is 0.789. The maximum Gasteiger partial charge on any atom is 0.243 e. The lowest BCUT2D eigenvalue weighted by molar-refractivity contribution is -0.127. The normalized spacial score (nSPS) is 26.1. The number of nitrogens with zero attached hydrogens (tertiary/aromatic N) is 3. The number of rotatable bonds is 4. The molecule has 0 aromatic rings. The Hall–Kier alpha value is -1.30. The van der Waals surface area contributed by atoms with Crippen LogP contribution in [0.3, 0.4) is 0 Å². The van der Waals surface area contributed by atoms with Crippen LogP contribution in [0.2, 0.25) is 0 Å². The van der Waals surface area contributed by atoms with E-state index < -0.39 is 0 Å². The maximum absolute atomic E-state index is 11.8. The number of carbonyl (C=O) groups is 1. The van der Waals surface area contributed by atoms with E-state index in [0.29, 0.717) is 11.8 Å². The molecule has 2 fully saturated rings. The highest BCUT2D eigenvalue weighted by molar-refractivity contribution is 5.84. The van der Waals surface area contributed by atoms with E-state index in [0.717, 1.165) is 45.2 Å². The van der Waals surface area contributed by atoms with E-state index in [2.05, 4.69) is 22.1 Å². The molecule has 22 heavy (non-hydrogen) atoms. The number of hydrogen-bond donors (Lipinski definition) is 1. The van der Waals surface area contributed by atoms with E-state index in [1.165, 1.54) is 12.8 Å². The molecule has 2 saturated heterocycles. The van der Waals surface area contributed by atoms with Gasteiger partial charge in [0.05, 0.1) is 6.61 Å². The highest BCUT2D eigenvalue weighted by Crippen LogP contribution is 2.16. The van der Waals surface area contributed by atoms with E-state index >= 15 is 0 Å². The summed E-state index contributed by atoms with van der Waals surface area (Å²) in [5.74, 6) is 2.15. The number of nitrogens with one attached hydrogen (secondary N) is 1. The Labute approximate surface area is 133 Å². The van der Waals surface area contributed by atoms with Gasteiger partial charge in [-0.2, -0.15) is 0 Å². The van der Waals surface area contributed by atoms with Gasteiger partial charge in [0.2, 0.25) is 5.91 Å². The van der Waals surface area contributed by atoms with Crippen molar-refractivity contribution in [3.8, 4) is 0 Å². The van der Waals surface area contributed by atoms with E-state index in [-0.39, 0.29) is 12.5 Å². The van der Waals surface area contributed by atoms with Crippen LogP contribution in [0, 0.1) is 11.8 Å². The Bertz CT molecular complexity index is 392. The van der Waals surface area contributed by atoms with Crippen LogP contribution < -0.4 is 5.32 Å². The van der Waals surface area contributed by atoms with Crippen molar-refractivity contribution in [3.63, 3.8) is 0 Å². The minimum Gasteiger partial charge on any atom is -0.381 e. The first kappa shape index (κ1) is 17.1. The molecule has 0 radical (unpaired) electrons. The Morgan fingerprint density at radius 2 is 2.23 bits per heavy atom. The van der Waals surface area contributed by atoms with E-state index in [4.69, 9.17) is 4.74 Å². The molecule has 2 aliphatic rings.